The van der Waals surface area contributed by atoms with Crippen LogP contribution in [0.3, 0.4) is 0 Å². The lowest BCUT2D eigenvalue weighted by Gasteiger charge is -2.07. The third-order valence-corrected chi connectivity index (χ3v) is 2.51. The lowest BCUT2D eigenvalue weighted by atomic mass is 10.4. The molecule has 1 aromatic heterocycles. The Kier molecular flexibility index (Phi) is 2.63. The minimum atomic E-state index is -3.74. The molecule has 1 rings (SSSR count). The number of carbonyl (C=O) groups is 1. The van der Waals surface area contributed by atoms with Crippen molar-refractivity contribution in [2.75, 3.05) is 14.1 Å². The molecule has 0 saturated carbocycles. The average Bonchev–Trinajstić information content (AvgIpc) is 2.49. The summed E-state index contributed by atoms with van der Waals surface area (Å²) < 4.78 is 21.7. The van der Waals surface area contributed by atoms with Gasteiger partial charge in [-0.25, -0.2) is 13.6 Å². The molecule has 0 bridgehead atoms. The SMILES string of the molecule is CN(C)C(=O)c1cc(S(N)(=O)=O)c[nH]1. The van der Waals surface area contributed by atoms with Gasteiger partial charge in [-0.3, -0.25) is 4.79 Å². The molecule has 0 aliphatic rings. The number of aromatic amines is 1. The van der Waals surface area contributed by atoms with Gasteiger partial charge in [0.25, 0.3) is 5.91 Å². The van der Waals surface area contributed by atoms with Crippen LogP contribution in [0, 0.1) is 0 Å². The van der Waals surface area contributed by atoms with Gasteiger partial charge in [-0.05, 0) is 6.07 Å². The molecule has 14 heavy (non-hydrogen) atoms. The average molecular weight is 217 g/mol. The largest absolute Gasteiger partial charge is 0.356 e. The van der Waals surface area contributed by atoms with Crippen LogP contribution in [0.5, 0.6) is 0 Å². The molecule has 78 valence electrons. The predicted molar refractivity (Wildman–Crippen MR) is 50.2 cm³/mol. The first-order chi connectivity index (χ1) is 6.32. The van der Waals surface area contributed by atoms with Gasteiger partial charge in [-0.1, -0.05) is 0 Å². The molecule has 1 heterocycles. The van der Waals surface area contributed by atoms with E-state index in [2.05, 4.69) is 4.98 Å². The molecule has 1 aromatic rings. The lowest BCUT2D eigenvalue weighted by molar-refractivity contribution is 0.0822. The van der Waals surface area contributed by atoms with Gasteiger partial charge >= 0.3 is 0 Å². The van der Waals surface area contributed by atoms with Gasteiger partial charge < -0.3 is 9.88 Å². The number of nitrogens with one attached hydrogen (secondary N) is 1. The molecule has 0 radical (unpaired) electrons. The van der Waals surface area contributed by atoms with Crippen molar-refractivity contribution in [3.63, 3.8) is 0 Å². The van der Waals surface area contributed by atoms with Crippen LogP contribution < -0.4 is 5.14 Å². The van der Waals surface area contributed by atoms with Crippen LogP contribution >= 0.6 is 0 Å². The molecule has 0 aromatic carbocycles. The van der Waals surface area contributed by atoms with Crippen molar-refractivity contribution >= 4 is 15.9 Å². The van der Waals surface area contributed by atoms with Crippen LogP contribution in [-0.2, 0) is 10.0 Å². The van der Waals surface area contributed by atoms with E-state index in [0.29, 0.717) is 0 Å². The molecular formula is C7H11N3O3S. The number of aromatic nitrogens is 1. The Balaban J connectivity index is 3.07. The highest BCUT2D eigenvalue weighted by atomic mass is 32.2. The number of hydrogen-bond donors (Lipinski definition) is 2. The molecule has 0 spiro atoms. The third-order valence-electron chi connectivity index (χ3n) is 1.62. The van der Waals surface area contributed by atoms with Gasteiger partial charge in [0, 0.05) is 20.3 Å². The number of primary sulfonamides is 1. The van der Waals surface area contributed by atoms with Crippen LogP contribution in [0.4, 0.5) is 0 Å². The second-order valence-electron chi connectivity index (χ2n) is 2.99. The van der Waals surface area contributed by atoms with Crippen molar-refractivity contribution in [2.45, 2.75) is 4.90 Å². The smallest absolute Gasteiger partial charge is 0.269 e. The van der Waals surface area contributed by atoms with Gasteiger partial charge in [0.05, 0.1) is 4.90 Å². The fourth-order valence-electron chi connectivity index (χ4n) is 0.903. The Bertz CT molecular complexity index is 447. The van der Waals surface area contributed by atoms with Gasteiger partial charge in [0.1, 0.15) is 5.69 Å². The van der Waals surface area contributed by atoms with Gasteiger partial charge in [0.2, 0.25) is 10.0 Å². The van der Waals surface area contributed by atoms with Crippen molar-refractivity contribution < 1.29 is 13.2 Å². The van der Waals surface area contributed by atoms with Crippen molar-refractivity contribution in [2.24, 2.45) is 5.14 Å². The fourth-order valence-corrected chi connectivity index (χ4v) is 1.41. The topological polar surface area (TPSA) is 96.3 Å². The molecule has 0 aliphatic carbocycles. The normalized spacial score (nSPS) is 11.4. The summed E-state index contributed by atoms with van der Waals surface area (Å²) in [5.74, 6) is -0.306. The number of rotatable bonds is 2. The highest BCUT2D eigenvalue weighted by Gasteiger charge is 2.15. The number of nitrogens with two attached hydrogens (primary N) is 1. The van der Waals surface area contributed by atoms with Gasteiger partial charge in [-0.2, -0.15) is 0 Å². The number of carbonyl (C=O) groups excluding carboxylic acids is 1. The molecule has 0 saturated heterocycles. The molecule has 0 atom stereocenters. The van der Waals surface area contributed by atoms with E-state index in [1.165, 1.54) is 17.2 Å². The maximum absolute atomic E-state index is 11.3. The zero-order chi connectivity index (χ0) is 10.9. The van der Waals surface area contributed by atoms with E-state index < -0.39 is 10.0 Å². The highest BCUT2D eigenvalue weighted by molar-refractivity contribution is 7.89. The summed E-state index contributed by atoms with van der Waals surface area (Å²) in [5.41, 5.74) is 0.194. The van der Waals surface area contributed by atoms with Crippen LogP contribution in [0.1, 0.15) is 10.5 Å². The summed E-state index contributed by atoms with van der Waals surface area (Å²) in [6.07, 6.45) is 1.19. The Morgan fingerprint density at radius 3 is 2.43 bits per heavy atom. The van der Waals surface area contributed by atoms with Crippen molar-refractivity contribution in [1.82, 2.24) is 9.88 Å². The zero-order valence-electron chi connectivity index (χ0n) is 7.81. The van der Waals surface area contributed by atoms with Crippen LogP contribution in [0.25, 0.3) is 0 Å². The van der Waals surface area contributed by atoms with Crippen molar-refractivity contribution in [1.29, 1.82) is 0 Å². The van der Waals surface area contributed by atoms with Crippen LogP contribution in [0.2, 0.25) is 0 Å². The number of H-pyrrole nitrogens is 1. The minimum Gasteiger partial charge on any atom is -0.356 e. The Morgan fingerprint density at radius 1 is 1.50 bits per heavy atom. The highest BCUT2D eigenvalue weighted by Crippen LogP contribution is 2.09. The fraction of sp³-hybridized carbons (Fsp3) is 0.286. The Labute approximate surface area is 81.8 Å². The number of nitrogens with zero attached hydrogens (tertiary/aromatic N) is 1. The third kappa shape index (κ3) is 2.12. The van der Waals surface area contributed by atoms with Crippen molar-refractivity contribution in [3.05, 3.63) is 18.0 Å². The van der Waals surface area contributed by atoms with Crippen LogP contribution in [0.15, 0.2) is 17.2 Å². The maximum atomic E-state index is 11.3. The standard InChI is InChI=1S/C7H11N3O3S/c1-10(2)7(11)6-3-5(4-9-6)14(8,12)13/h3-4,9H,1-2H3,(H2,8,12,13). The Hall–Kier alpha value is -1.34. The molecule has 3 N–H and O–H groups in total. The zero-order valence-corrected chi connectivity index (χ0v) is 8.63. The van der Waals surface area contributed by atoms with E-state index in [-0.39, 0.29) is 16.5 Å². The van der Waals surface area contributed by atoms with Crippen molar-refractivity contribution in [3.8, 4) is 0 Å². The molecule has 7 heteroatoms. The lowest BCUT2D eigenvalue weighted by Crippen LogP contribution is -2.21. The molecule has 0 aliphatic heterocycles. The summed E-state index contributed by atoms with van der Waals surface area (Å²) in [7, 11) is -0.605. The Morgan fingerprint density at radius 2 is 2.07 bits per heavy atom. The number of sulfonamides is 1. The first-order valence-electron chi connectivity index (χ1n) is 3.75. The second kappa shape index (κ2) is 3.43. The first-order valence-corrected chi connectivity index (χ1v) is 5.30. The molecule has 6 nitrogen and oxygen atoms in total. The molecular weight excluding hydrogens is 206 g/mol. The van der Waals surface area contributed by atoms with E-state index in [0.717, 1.165) is 0 Å². The molecule has 0 fully saturated rings. The summed E-state index contributed by atoms with van der Waals surface area (Å²) in [6.45, 7) is 0. The minimum absolute atomic E-state index is 0.0947. The predicted octanol–water partition coefficient (Wildman–Crippen LogP) is -0.636. The summed E-state index contributed by atoms with van der Waals surface area (Å²) in [4.78, 5) is 15.1. The molecule has 1 amide bonds. The quantitative estimate of drug-likeness (QED) is 0.689. The number of hydrogen-bond acceptors (Lipinski definition) is 3. The molecule has 0 unspecified atom stereocenters. The van der Waals surface area contributed by atoms with E-state index in [1.807, 2.05) is 0 Å². The number of amides is 1. The second-order valence-corrected chi connectivity index (χ2v) is 4.56. The summed E-state index contributed by atoms with van der Waals surface area (Å²) in [6, 6.07) is 1.21. The van der Waals surface area contributed by atoms with E-state index in [9.17, 15) is 13.2 Å². The van der Waals surface area contributed by atoms with E-state index in [4.69, 9.17) is 5.14 Å². The van der Waals surface area contributed by atoms with Gasteiger partial charge in [-0.15, -0.1) is 0 Å². The van der Waals surface area contributed by atoms with Gasteiger partial charge in [0.15, 0.2) is 0 Å². The summed E-state index contributed by atoms with van der Waals surface area (Å²) in [5, 5.41) is 4.87. The van der Waals surface area contributed by atoms with Crippen LogP contribution in [-0.4, -0.2) is 38.3 Å². The maximum Gasteiger partial charge on any atom is 0.269 e. The first kappa shape index (κ1) is 10.7. The van der Waals surface area contributed by atoms with E-state index >= 15 is 0 Å². The summed E-state index contributed by atoms with van der Waals surface area (Å²) >= 11 is 0. The monoisotopic (exact) mass is 217 g/mol. The van der Waals surface area contributed by atoms with E-state index in [1.54, 1.807) is 14.1 Å².